The minimum Gasteiger partial charge on any atom is -0.305 e. The number of nitrogens with one attached hydrogen (secondary N) is 1. The van der Waals surface area contributed by atoms with Crippen molar-refractivity contribution >= 4 is 39.8 Å². The molecule has 0 saturated carbocycles. The normalized spacial score (nSPS) is 11.3. The van der Waals surface area contributed by atoms with Crippen molar-refractivity contribution in [3.8, 4) is 11.4 Å². The van der Waals surface area contributed by atoms with Gasteiger partial charge in [0.15, 0.2) is 11.0 Å². The van der Waals surface area contributed by atoms with Crippen molar-refractivity contribution < 1.29 is 4.79 Å². The zero-order valence-corrected chi connectivity index (χ0v) is 17.5. The van der Waals surface area contributed by atoms with Crippen LogP contribution >= 0.6 is 27.7 Å². The predicted molar refractivity (Wildman–Crippen MR) is 109 cm³/mol. The standard InChI is InChI=1S/C17H18BrN7OS/c1-11-7-14(25(3)23-11)9-19-20-15(26)10-27-17-22-21-16(24(17)2)12-5-4-6-13(18)8-12/h4-9H,10H2,1-3H3,(H,20,26)/b19-9+. The highest BCUT2D eigenvalue weighted by Gasteiger charge is 2.13. The van der Waals surface area contributed by atoms with Crippen LogP contribution in [-0.4, -0.2) is 42.4 Å². The fourth-order valence-electron chi connectivity index (χ4n) is 2.40. The van der Waals surface area contributed by atoms with Crippen molar-refractivity contribution in [1.82, 2.24) is 30.0 Å². The van der Waals surface area contributed by atoms with E-state index >= 15 is 0 Å². The third kappa shape index (κ3) is 4.83. The maximum atomic E-state index is 12.0. The average molecular weight is 448 g/mol. The molecule has 0 fully saturated rings. The molecular weight excluding hydrogens is 430 g/mol. The Hall–Kier alpha value is -2.46. The molecule has 1 amide bonds. The van der Waals surface area contributed by atoms with E-state index in [0.717, 1.165) is 27.2 Å². The predicted octanol–water partition coefficient (Wildman–Crippen LogP) is 2.53. The van der Waals surface area contributed by atoms with Gasteiger partial charge in [-0.3, -0.25) is 9.48 Å². The average Bonchev–Trinajstić information content (AvgIpc) is 3.14. The highest BCUT2D eigenvalue weighted by molar-refractivity contribution is 9.10. The quantitative estimate of drug-likeness (QED) is 0.356. The molecule has 1 aromatic carbocycles. The number of halogens is 1. The smallest absolute Gasteiger partial charge is 0.250 e. The fraction of sp³-hybridized carbons (Fsp3) is 0.235. The molecule has 140 valence electrons. The molecule has 3 rings (SSSR count). The summed E-state index contributed by atoms with van der Waals surface area (Å²) in [7, 11) is 3.70. The number of aromatic nitrogens is 5. The zero-order chi connectivity index (χ0) is 19.4. The molecule has 0 aliphatic carbocycles. The molecule has 0 unspecified atom stereocenters. The third-order valence-electron chi connectivity index (χ3n) is 3.67. The molecule has 0 atom stereocenters. The summed E-state index contributed by atoms with van der Waals surface area (Å²) < 4.78 is 4.53. The second kappa shape index (κ2) is 8.49. The molecule has 8 nitrogen and oxygen atoms in total. The van der Waals surface area contributed by atoms with Crippen molar-refractivity contribution in [3.63, 3.8) is 0 Å². The number of hydrogen-bond donors (Lipinski definition) is 1. The van der Waals surface area contributed by atoms with E-state index in [1.807, 2.05) is 55.9 Å². The van der Waals surface area contributed by atoms with E-state index in [9.17, 15) is 4.79 Å². The lowest BCUT2D eigenvalue weighted by Crippen LogP contribution is -2.20. The van der Waals surface area contributed by atoms with Gasteiger partial charge in [0.2, 0.25) is 0 Å². The van der Waals surface area contributed by atoms with E-state index in [2.05, 4.69) is 41.8 Å². The first kappa shape index (κ1) is 19.3. The van der Waals surface area contributed by atoms with Gasteiger partial charge in [-0.1, -0.05) is 39.8 Å². The van der Waals surface area contributed by atoms with Crippen molar-refractivity contribution in [1.29, 1.82) is 0 Å². The summed E-state index contributed by atoms with van der Waals surface area (Å²) in [6.07, 6.45) is 1.57. The van der Waals surface area contributed by atoms with E-state index in [0.29, 0.717) is 5.16 Å². The van der Waals surface area contributed by atoms with Crippen LogP contribution < -0.4 is 5.43 Å². The first-order chi connectivity index (χ1) is 12.9. The molecule has 0 spiro atoms. The van der Waals surface area contributed by atoms with Crippen molar-refractivity contribution in [2.45, 2.75) is 12.1 Å². The molecule has 2 aromatic heterocycles. The van der Waals surface area contributed by atoms with Gasteiger partial charge in [-0.15, -0.1) is 10.2 Å². The first-order valence-electron chi connectivity index (χ1n) is 8.04. The van der Waals surface area contributed by atoms with E-state index in [1.54, 1.807) is 10.9 Å². The molecule has 0 aliphatic heterocycles. The van der Waals surface area contributed by atoms with E-state index in [1.165, 1.54) is 11.8 Å². The second-order valence-electron chi connectivity index (χ2n) is 5.79. The molecule has 0 bridgehead atoms. The first-order valence-corrected chi connectivity index (χ1v) is 9.82. The molecule has 0 radical (unpaired) electrons. The van der Waals surface area contributed by atoms with Crippen LogP contribution in [-0.2, 0) is 18.9 Å². The molecular formula is C17H18BrN7OS. The molecule has 27 heavy (non-hydrogen) atoms. The fourth-order valence-corrected chi connectivity index (χ4v) is 3.51. The van der Waals surface area contributed by atoms with E-state index < -0.39 is 0 Å². The number of thioether (sulfide) groups is 1. The number of amides is 1. The molecule has 0 saturated heterocycles. The largest absolute Gasteiger partial charge is 0.305 e. The maximum Gasteiger partial charge on any atom is 0.250 e. The Labute approximate surface area is 169 Å². The Morgan fingerprint density at radius 3 is 2.85 bits per heavy atom. The molecule has 1 N–H and O–H groups in total. The SMILES string of the molecule is Cc1cc(/C=N/NC(=O)CSc2nnc(-c3cccc(Br)c3)n2C)n(C)n1. The highest BCUT2D eigenvalue weighted by Crippen LogP contribution is 2.24. The zero-order valence-electron chi connectivity index (χ0n) is 15.0. The molecule has 10 heteroatoms. The number of benzene rings is 1. The van der Waals surface area contributed by atoms with Crippen LogP contribution in [0, 0.1) is 6.92 Å². The number of rotatable bonds is 6. The van der Waals surface area contributed by atoms with Crippen molar-refractivity contribution in [2.24, 2.45) is 19.2 Å². The molecule has 2 heterocycles. The van der Waals surface area contributed by atoms with Gasteiger partial charge in [0.05, 0.1) is 23.4 Å². The van der Waals surface area contributed by atoms with Crippen LogP contribution in [0.15, 0.2) is 45.1 Å². The number of hydrazone groups is 1. The van der Waals surface area contributed by atoms with Crippen LogP contribution in [0.5, 0.6) is 0 Å². The Bertz CT molecular complexity index is 995. The Morgan fingerprint density at radius 2 is 2.15 bits per heavy atom. The number of carbonyl (C=O) groups is 1. The lowest BCUT2D eigenvalue weighted by Gasteiger charge is -2.04. The lowest BCUT2D eigenvalue weighted by atomic mass is 10.2. The third-order valence-corrected chi connectivity index (χ3v) is 5.19. The summed E-state index contributed by atoms with van der Waals surface area (Å²) in [6, 6.07) is 9.71. The van der Waals surface area contributed by atoms with Gasteiger partial charge < -0.3 is 4.57 Å². The van der Waals surface area contributed by atoms with Crippen LogP contribution in [0.25, 0.3) is 11.4 Å². The Kier molecular flexibility index (Phi) is 6.07. The topological polar surface area (TPSA) is 90.0 Å². The summed E-state index contributed by atoms with van der Waals surface area (Å²) in [5.41, 5.74) is 5.16. The summed E-state index contributed by atoms with van der Waals surface area (Å²) in [6.45, 7) is 1.90. The maximum absolute atomic E-state index is 12.0. The molecule has 3 aromatic rings. The number of aryl methyl sites for hydroxylation is 2. The van der Waals surface area contributed by atoms with Crippen LogP contribution in [0.1, 0.15) is 11.4 Å². The Balaban J connectivity index is 1.57. The van der Waals surface area contributed by atoms with Gasteiger partial charge in [-0.05, 0) is 25.1 Å². The Morgan fingerprint density at radius 1 is 1.33 bits per heavy atom. The van der Waals surface area contributed by atoms with Gasteiger partial charge in [-0.2, -0.15) is 10.2 Å². The second-order valence-corrected chi connectivity index (χ2v) is 7.65. The van der Waals surface area contributed by atoms with Crippen molar-refractivity contribution in [3.05, 3.63) is 46.2 Å². The molecule has 0 aliphatic rings. The summed E-state index contributed by atoms with van der Waals surface area (Å²) in [4.78, 5) is 12.0. The van der Waals surface area contributed by atoms with E-state index in [-0.39, 0.29) is 11.7 Å². The lowest BCUT2D eigenvalue weighted by molar-refractivity contribution is -0.118. The number of carbonyl (C=O) groups excluding carboxylic acids is 1. The summed E-state index contributed by atoms with van der Waals surface area (Å²) in [5, 5.41) is 17.2. The van der Waals surface area contributed by atoms with Gasteiger partial charge in [-0.25, -0.2) is 5.43 Å². The van der Waals surface area contributed by atoms with Gasteiger partial charge in [0.25, 0.3) is 5.91 Å². The number of nitrogens with zero attached hydrogens (tertiary/aromatic N) is 6. The van der Waals surface area contributed by atoms with Crippen LogP contribution in [0.2, 0.25) is 0 Å². The van der Waals surface area contributed by atoms with Crippen molar-refractivity contribution in [2.75, 3.05) is 5.75 Å². The highest BCUT2D eigenvalue weighted by atomic mass is 79.9. The number of hydrogen-bond acceptors (Lipinski definition) is 6. The van der Waals surface area contributed by atoms with E-state index in [4.69, 9.17) is 0 Å². The van der Waals surface area contributed by atoms with Gasteiger partial charge >= 0.3 is 0 Å². The monoisotopic (exact) mass is 447 g/mol. The minimum absolute atomic E-state index is 0.187. The summed E-state index contributed by atoms with van der Waals surface area (Å²) in [5.74, 6) is 0.706. The minimum atomic E-state index is -0.220. The van der Waals surface area contributed by atoms with Gasteiger partial charge in [0, 0.05) is 24.1 Å². The van der Waals surface area contributed by atoms with Gasteiger partial charge in [0.1, 0.15) is 0 Å². The van der Waals surface area contributed by atoms with Crippen LogP contribution in [0.4, 0.5) is 0 Å². The summed E-state index contributed by atoms with van der Waals surface area (Å²) >= 11 is 4.76. The van der Waals surface area contributed by atoms with Crippen LogP contribution in [0.3, 0.4) is 0 Å².